The maximum Gasteiger partial charge on any atom is 0.416 e. The van der Waals surface area contributed by atoms with E-state index in [4.69, 9.17) is 4.74 Å². The van der Waals surface area contributed by atoms with Crippen LogP contribution >= 0.6 is 0 Å². The number of ether oxygens (including phenoxy) is 1. The molecule has 0 saturated carbocycles. The average Bonchev–Trinajstić information content (AvgIpc) is 2.87. The Labute approximate surface area is 210 Å². The summed E-state index contributed by atoms with van der Waals surface area (Å²) in [5, 5.41) is 2.72. The zero-order chi connectivity index (χ0) is 26.4. The number of carbonyl (C=O) groups is 1. The molecule has 37 heavy (non-hydrogen) atoms. The van der Waals surface area contributed by atoms with Gasteiger partial charge in [-0.05, 0) is 60.0 Å². The first-order valence-corrected chi connectivity index (χ1v) is 11.3. The molecule has 2 N–H and O–H groups in total. The average molecular weight is 505 g/mol. The quantitative estimate of drug-likeness (QED) is 0.240. The summed E-state index contributed by atoms with van der Waals surface area (Å²) in [6.07, 6.45) is 1.14. The number of fused-ring (bicyclic) bond motifs is 1. The number of H-pyrrole nitrogens is 1. The Hall–Kier alpha value is -4.66. The maximum absolute atomic E-state index is 13.0. The van der Waals surface area contributed by atoms with Gasteiger partial charge in [0.2, 0.25) is 5.91 Å². The van der Waals surface area contributed by atoms with Gasteiger partial charge < -0.3 is 15.0 Å². The standard InChI is InChI=1S/C28H22F3N3O3/c1-2-37-21-15-11-19(12-16-21)22(18-9-13-20(14-10-18)28(29,30)31)5-3-8-25(35)33-23-6-4-7-24-27(23)32-17-26(36)34-24/h3-17H,2H2,1H3,(H,33,35)(H,34,36). The number of para-hydroxylation sites is 1. The van der Waals surface area contributed by atoms with E-state index in [1.807, 2.05) is 6.92 Å². The van der Waals surface area contributed by atoms with Crippen LogP contribution in [0.15, 0.2) is 95.9 Å². The molecule has 1 heterocycles. The zero-order valence-corrected chi connectivity index (χ0v) is 19.7. The van der Waals surface area contributed by atoms with E-state index in [2.05, 4.69) is 15.3 Å². The van der Waals surface area contributed by atoms with Gasteiger partial charge in [0.05, 0.1) is 29.6 Å². The van der Waals surface area contributed by atoms with E-state index in [-0.39, 0.29) is 5.56 Å². The van der Waals surface area contributed by atoms with Crippen molar-refractivity contribution in [2.75, 3.05) is 11.9 Å². The van der Waals surface area contributed by atoms with E-state index in [0.717, 1.165) is 23.9 Å². The second kappa shape index (κ2) is 10.9. The molecule has 0 bridgehead atoms. The van der Waals surface area contributed by atoms with Gasteiger partial charge in [-0.2, -0.15) is 13.2 Å². The number of hydrogen-bond acceptors (Lipinski definition) is 4. The molecule has 0 radical (unpaired) electrons. The Kier molecular flexibility index (Phi) is 7.52. The van der Waals surface area contributed by atoms with Crippen molar-refractivity contribution in [3.63, 3.8) is 0 Å². The molecule has 0 atom stereocenters. The molecule has 0 aliphatic heterocycles. The SMILES string of the molecule is CCOc1ccc(C(=CC=CC(=O)Nc2cccc3[nH]c(=O)cnc23)c2ccc(C(F)(F)F)cc2)cc1. The highest BCUT2D eigenvalue weighted by Gasteiger charge is 2.30. The highest BCUT2D eigenvalue weighted by molar-refractivity contribution is 6.04. The van der Waals surface area contributed by atoms with Crippen LogP contribution in [0.4, 0.5) is 18.9 Å². The topological polar surface area (TPSA) is 84.1 Å². The number of nitrogens with one attached hydrogen (secondary N) is 2. The number of alkyl halides is 3. The van der Waals surface area contributed by atoms with E-state index in [1.165, 1.54) is 24.3 Å². The van der Waals surface area contributed by atoms with Gasteiger partial charge in [-0.25, -0.2) is 4.98 Å². The molecule has 9 heteroatoms. The Morgan fingerprint density at radius 3 is 2.35 bits per heavy atom. The van der Waals surface area contributed by atoms with Gasteiger partial charge in [0.15, 0.2) is 0 Å². The Morgan fingerprint density at radius 2 is 1.70 bits per heavy atom. The highest BCUT2D eigenvalue weighted by Crippen LogP contribution is 2.32. The van der Waals surface area contributed by atoms with Gasteiger partial charge in [0.25, 0.3) is 5.56 Å². The minimum Gasteiger partial charge on any atom is -0.494 e. The van der Waals surface area contributed by atoms with Gasteiger partial charge in [-0.1, -0.05) is 42.5 Å². The van der Waals surface area contributed by atoms with Gasteiger partial charge in [0, 0.05) is 6.08 Å². The minimum absolute atomic E-state index is 0.355. The van der Waals surface area contributed by atoms with Crippen molar-refractivity contribution in [1.82, 2.24) is 9.97 Å². The van der Waals surface area contributed by atoms with Crippen molar-refractivity contribution in [2.45, 2.75) is 13.1 Å². The molecule has 1 amide bonds. The molecule has 0 saturated heterocycles. The molecule has 0 spiro atoms. The molecular formula is C28H22F3N3O3. The first-order valence-electron chi connectivity index (χ1n) is 11.3. The molecule has 4 rings (SSSR count). The number of aromatic nitrogens is 2. The predicted molar refractivity (Wildman–Crippen MR) is 136 cm³/mol. The first kappa shape index (κ1) is 25.4. The van der Waals surface area contributed by atoms with Gasteiger partial charge in [-0.15, -0.1) is 0 Å². The summed E-state index contributed by atoms with van der Waals surface area (Å²) in [5.74, 6) is 0.216. The third-order valence-corrected chi connectivity index (χ3v) is 5.37. The predicted octanol–water partition coefficient (Wildman–Crippen LogP) is 5.97. The summed E-state index contributed by atoms with van der Waals surface area (Å²) in [7, 11) is 0. The molecule has 0 aliphatic carbocycles. The van der Waals surface area contributed by atoms with Crippen molar-refractivity contribution in [3.05, 3.63) is 118 Å². The molecule has 0 unspecified atom stereocenters. The summed E-state index contributed by atoms with van der Waals surface area (Å²) < 4.78 is 44.6. The lowest BCUT2D eigenvalue weighted by molar-refractivity contribution is -0.137. The van der Waals surface area contributed by atoms with Crippen LogP contribution in [0.25, 0.3) is 16.6 Å². The number of anilines is 1. The van der Waals surface area contributed by atoms with Crippen molar-refractivity contribution in [2.24, 2.45) is 0 Å². The van der Waals surface area contributed by atoms with E-state index in [1.54, 1.807) is 48.5 Å². The smallest absolute Gasteiger partial charge is 0.416 e. The Balaban J connectivity index is 1.61. The highest BCUT2D eigenvalue weighted by atomic mass is 19.4. The fourth-order valence-electron chi connectivity index (χ4n) is 3.67. The van der Waals surface area contributed by atoms with Crippen LogP contribution in [0, 0.1) is 0 Å². The fraction of sp³-hybridized carbons (Fsp3) is 0.107. The van der Waals surface area contributed by atoms with Crippen molar-refractivity contribution >= 4 is 28.2 Å². The second-order valence-electron chi connectivity index (χ2n) is 7.91. The third-order valence-electron chi connectivity index (χ3n) is 5.37. The van der Waals surface area contributed by atoms with E-state index in [0.29, 0.717) is 40.2 Å². The van der Waals surface area contributed by atoms with Crippen LogP contribution in [0.5, 0.6) is 5.75 Å². The van der Waals surface area contributed by atoms with E-state index < -0.39 is 17.6 Å². The molecule has 6 nitrogen and oxygen atoms in total. The van der Waals surface area contributed by atoms with E-state index in [9.17, 15) is 22.8 Å². The number of amides is 1. The zero-order valence-electron chi connectivity index (χ0n) is 19.7. The summed E-state index contributed by atoms with van der Waals surface area (Å²) in [6.45, 7) is 2.37. The molecule has 0 fully saturated rings. The lowest BCUT2D eigenvalue weighted by Crippen LogP contribution is -2.10. The maximum atomic E-state index is 13.0. The lowest BCUT2D eigenvalue weighted by atomic mass is 9.96. The largest absolute Gasteiger partial charge is 0.494 e. The number of carbonyl (C=O) groups excluding carboxylic acids is 1. The van der Waals surface area contributed by atoms with Gasteiger partial charge in [-0.3, -0.25) is 9.59 Å². The molecule has 0 aliphatic rings. The fourth-order valence-corrected chi connectivity index (χ4v) is 3.67. The molecule has 188 valence electrons. The van der Waals surface area contributed by atoms with Crippen molar-refractivity contribution in [3.8, 4) is 5.75 Å². The summed E-state index contributed by atoms with van der Waals surface area (Å²) in [6, 6.07) is 17.0. The van der Waals surface area contributed by atoms with Crippen LogP contribution in [-0.2, 0) is 11.0 Å². The number of nitrogens with zero attached hydrogens (tertiary/aromatic N) is 1. The molecule has 3 aromatic carbocycles. The number of rotatable bonds is 7. The Bertz CT molecular complexity index is 1520. The van der Waals surface area contributed by atoms with Crippen LogP contribution < -0.4 is 15.6 Å². The minimum atomic E-state index is -4.44. The number of hydrogen-bond donors (Lipinski definition) is 2. The number of allylic oxidation sites excluding steroid dienone is 2. The molecular weight excluding hydrogens is 483 g/mol. The molecule has 1 aromatic heterocycles. The number of aromatic amines is 1. The second-order valence-corrected chi connectivity index (χ2v) is 7.91. The monoisotopic (exact) mass is 505 g/mol. The summed E-state index contributed by atoms with van der Waals surface area (Å²) in [4.78, 5) is 30.8. The van der Waals surface area contributed by atoms with E-state index >= 15 is 0 Å². The summed E-state index contributed by atoms with van der Waals surface area (Å²) in [5.41, 5.74) is 2.12. The van der Waals surface area contributed by atoms with Crippen molar-refractivity contribution < 1.29 is 22.7 Å². The molecule has 4 aromatic rings. The van der Waals surface area contributed by atoms with Crippen LogP contribution in [0.1, 0.15) is 23.6 Å². The third kappa shape index (κ3) is 6.32. The van der Waals surface area contributed by atoms with Gasteiger partial charge in [0.1, 0.15) is 11.3 Å². The van der Waals surface area contributed by atoms with Crippen molar-refractivity contribution in [1.29, 1.82) is 0 Å². The lowest BCUT2D eigenvalue weighted by Gasteiger charge is -2.12. The van der Waals surface area contributed by atoms with Gasteiger partial charge >= 0.3 is 6.18 Å². The normalized spacial score (nSPS) is 12.2. The Morgan fingerprint density at radius 1 is 1.03 bits per heavy atom. The summed E-state index contributed by atoms with van der Waals surface area (Å²) >= 11 is 0. The van der Waals surface area contributed by atoms with Crippen LogP contribution in [-0.4, -0.2) is 22.5 Å². The number of benzene rings is 3. The first-order chi connectivity index (χ1) is 17.7. The number of halogens is 3. The van der Waals surface area contributed by atoms with Crippen LogP contribution in [0.3, 0.4) is 0 Å². The van der Waals surface area contributed by atoms with Crippen LogP contribution in [0.2, 0.25) is 0 Å².